The minimum absolute atomic E-state index is 0.136. The number of nitrogens with zero attached hydrogens (tertiary/aromatic N) is 2. The molecule has 1 saturated heterocycles. The van der Waals surface area contributed by atoms with Crippen molar-refractivity contribution in [3.63, 3.8) is 0 Å². The van der Waals surface area contributed by atoms with Gasteiger partial charge in [0.15, 0.2) is 0 Å². The first kappa shape index (κ1) is 17.6. The lowest BCUT2D eigenvalue weighted by Gasteiger charge is -2.30. The summed E-state index contributed by atoms with van der Waals surface area (Å²) in [5, 5.41) is 0. The molecule has 0 bridgehead atoms. The van der Waals surface area contributed by atoms with Crippen LogP contribution in [0.3, 0.4) is 0 Å². The van der Waals surface area contributed by atoms with Crippen LogP contribution in [0.25, 0.3) is 0 Å². The number of aryl methyl sites for hydroxylation is 1. The first-order valence-corrected chi connectivity index (χ1v) is 9.68. The Labute approximate surface area is 148 Å². The van der Waals surface area contributed by atoms with Gasteiger partial charge >= 0.3 is 0 Å². The molecule has 1 aliphatic rings. The van der Waals surface area contributed by atoms with Gasteiger partial charge in [0, 0.05) is 19.5 Å². The van der Waals surface area contributed by atoms with Gasteiger partial charge in [-0.15, -0.1) is 0 Å². The van der Waals surface area contributed by atoms with Crippen LogP contribution >= 0.6 is 0 Å². The van der Waals surface area contributed by atoms with Gasteiger partial charge in [0.1, 0.15) is 6.17 Å². The van der Waals surface area contributed by atoms with Gasteiger partial charge in [0.2, 0.25) is 15.9 Å². The second-order valence-corrected chi connectivity index (χ2v) is 8.34. The van der Waals surface area contributed by atoms with Crippen molar-refractivity contribution in [2.45, 2.75) is 37.9 Å². The largest absolute Gasteiger partial charge is 0.318 e. The Kier molecular flexibility index (Phi) is 4.67. The third-order valence-corrected chi connectivity index (χ3v) is 6.38. The van der Waals surface area contributed by atoms with E-state index in [2.05, 4.69) is 0 Å². The maximum atomic E-state index is 13.2. The van der Waals surface area contributed by atoms with Gasteiger partial charge in [-0.25, -0.2) is 8.42 Å². The van der Waals surface area contributed by atoms with Crippen LogP contribution < -0.4 is 0 Å². The smallest absolute Gasteiger partial charge is 0.245 e. The molecule has 2 aromatic rings. The van der Waals surface area contributed by atoms with Gasteiger partial charge in [-0.05, 0) is 31.5 Å². The van der Waals surface area contributed by atoms with E-state index in [1.54, 1.807) is 29.2 Å². The minimum Gasteiger partial charge on any atom is -0.318 e. The van der Waals surface area contributed by atoms with Crippen LogP contribution in [0, 0.1) is 6.92 Å². The Balaban J connectivity index is 2.09. The van der Waals surface area contributed by atoms with Gasteiger partial charge in [-0.3, -0.25) is 4.79 Å². The van der Waals surface area contributed by atoms with Crippen molar-refractivity contribution in [2.24, 2.45) is 0 Å². The topological polar surface area (TPSA) is 57.7 Å². The number of benzene rings is 2. The number of rotatable bonds is 3. The fourth-order valence-electron chi connectivity index (χ4n) is 3.34. The molecule has 1 aliphatic heterocycles. The van der Waals surface area contributed by atoms with Crippen molar-refractivity contribution in [1.82, 2.24) is 9.21 Å². The predicted octanol–water partition coefficient (Wildman–Crippen LogP) is 2.94. The molecule has 0 aliphatic carbocycles. The molecule has 0 saturated carbocycles. The lowest BCUT2D eigenvalue weighted by atomic mass is 10.1. The van der Waals surface area contributed by atoms with Crippen LogP contribution in [-0.4, -0.2) is 36.1 Å². The summed E-state index contributed by atoms with van der Waals surface area (Å²) in [5.41, 5.74) is 1.79. The molecule has 1 fully saturated rings. The van der Waals surface area contributed by atoms with Gasteiger partial charge in [-0.2, -0.15) is 4.31 Å². The summed E-state index contributed by atoms with van der Waals surface area (Å²) >= 11 is 0. The fourth-order valence-corrected chi connectivity index (χ4v) is 4.99. The predicted molar refractivity (Wildman–Crippen MR) is 96.2 cm³/mol. The summed E-state index contributed by atoms with van der Waals surface area (Å²) in [7, 11) is -3.71. The van der Waals surface area contributed by atoms with Crippen molar-refractivity contribution in [1.29, 1.82) is 0 Å². The SMILES string of the molecule is CC(=O)N1C(C)CN(S(=O)(=O)c2ccc(C)cc2)C1c1ccccc1. The number of carbonyl (C=O) groups excluding carboxylic acids is 1. The maximum absolute atomic E-state index is 13.2. The highest BCUT2D eigenvalue weighted by molar-refractivity contribution is 7.89. The summed E-state index contributed by atoms with van der Waals surface area (Å²) in [6, 6.07) is 15.9. The molecule has 3 rings (SSSR count). The van der Waals surface area contributed by atoms with E-state index in [0.29, 0.717) is 0 Å². The van der Waals surface area contributed by atoms with Gasteiger partial charge in [-0.1, -0.05) is 48.0 Å². The molecule has 0 radical (unpaired) electrons. The highest BCUT2D eigenvalue weighted by Crippen LogP contribution is 2.37. The van der Waals surface area contributed by atoms with Crippen molar-refractivity contribution in [2.75, 3.05) is 6.54 Å². The lowest BCUT2D eigenvalue weighted by Crippen LogP contribution is -2.38. The van der Waals surface area contributed by atoms with Crippen LogP contribution in [0.2, 0.25) is 0 Å². The minimum atomic E-state index is -3.71. The summed E-state index contributed by atoms with van der Waals surface area (Å²) in [6.07, 6.45) is -0.625. The molecule has 0 spiro atoms. The second kappa shape index (κ2) is 6.61. The maximum Gasteiger partial charge on any atom is 0.245 e. The Bertz CT molecular complexity index is 863. The van der Waals surface area contributed by atoms with E-state index in [1.807, 2.05) is 44.2 Å². The molecule has 0 N–H and O–H groups in total. The lowest BCUT2D eigenvalue weighted by molar-refractivity contribution is -0.132. The van der Waals surface area contributed by atoms with Crippen LogP contribution in [-0.2, 0) is 14.8 Å². The first-order valence-electron chi connectivity index (χ1n) is 8.24. The highest BCUT2D eigenvalue weighted by Gasteiger charge is 2.45. The van der Waals surface area contributed by atoms with E-state index < -0.39 is 16.2 Å². The van der Waals surface area contributed by atoms with Crippen molar-refractivity contribution >= 4 is 15.9 Å². The third-order valence-electron chi connectivity index (χ3n) is 4.54. The van der Waals surface area contributed by atoms with Crippen molar-refractivity contribution < 1.29 is 13.2 Å². The van der Waals surface area contributed by atoms with E-state index in [4.69, 9.17) is 0 Å². The molecule has 2 atom stereocenters. The van der Waals surface area contributed by atoms with Crippen LogP contribution in [0.15, 0.2) is 59.5 Å². The molecule has 1 amide bonds. The number of amides is 1. The van der Waals surface area contributed by atoms with Gasteiger partial charge < -0.3 is 4.90 Å². The van der Waals surface area contributed by atoms with Crippen molar-refractivity contribution in [3.05, 3.63) is 65.7 Å². The van der Waals surface area contributed by atoms with Gasteiger partial charge in [0.05, 0.1) is 4.90 Å². The van der Waals surface area contributed by atoms with Crippen LogP contribution in [0.5, 0.6) is 0 Å². The van der Waals surface area contributed by atoms with Crippen molar-refractivity contribution in [3.8, 4) is 0 Å². The van der Waals surface area contributed by atoms with E-state index in [0.717, 1.165) is 11.1 Å². The Morgan fingerprint density at radius 3 is 2.20 bits per heavy atom. The molecular formula is C19H22N2O3S. The highest BCUT2D eigenvalue weighted by atomic mass is 32.2. The monoisotopic (exact) mass is 358 g/mol. The van der Waals surface area contributed by atoms with E-state index in [1.165, 1.54) is 11.2 Å². The molecule has 0 aromatic heterocycles. The standard InChI is InChI=1S/C19H22N2O3S/c1-14-9-11-18(12-10-14)25(23,24)20-13-15(2)21(16(3)22)19(20)17-7-5-4-6-8-17/h4-12,15,19H,13H2,1-3H3. The van der Waals surface area contributed by atoms with Crippen LogP contribution in [0.4, 0.5) is 0 Å². The quantitative estimate of drug-likeness (QED) is 0.848. The average molecular weight is 358 g/mol. The zero-order valence-electron chi connectivity index (χ0n) is 14.6. The van der Waals surface area contributed by atoms with E-state index >= 15 is 0 Å². The molecule has 6 heteroatoms. The summed E-state index contributed by atoms with van der Waals surface area (Å²) < 4.78 is 27.9. The molecule has 2 aromatic carbocycles. The Morgan fingerprint density at radius 1 is 1.04 bits per heavy atom. The number of carbonyl (C=O) groups is 1. The van der Waals surface area contributed by atoms with Gasteiger partial charge in [0.25, 0.3) is 0 Å². The Hall–Kier alpha value is -2.18. The average Bonchev–Trinajstić information content (AvgIpc) is 2.94. The second-order valence-electron chi connectivity index (χ2n) is 6.45. The Morgan fingerprint density at radius 2 is 1.64 bits per heavy atom. The summed E-state index contributed by atoms with van der Waals surface area (Å²) in [5.74, 6) is -0.136. The number of hydrogen-bond acceptors (Lipinski definition) is 3. The molecule has 1 heterocycles. The molecule has 5 nitrogen and oxygen atoms in total. The summed E-state index contributed by atoms with van der Waals surface area (Å²) in [6.45, 7) is 5.55. The molecule has 25 heavy (non-hydrogen) atoms. The zero-order chi connectivity index (χ0) is 18.2. The zero-order valence-corrected chi connectivity index (χ0v) is 15.4. The van der Waals surface area contributed by atoms with E-state index in [9.17, 15) is 13.2 Å². The number of hydrogen-bond donors (Lipinski definition) is 0. The molecule has 2 unspecified atom stereocenters. The van der Waals surface area contributed by atoms with Crippen LogP contribution in [0.1, 0.15) is 31.1 Å². The number of sulfonamides is 1. The third kappa shape index (κ3) is 3.19. The van der Waals surface area contributed by atoms with E-state index in [-0.39, 0.29) is 23.4 Å². The normalized spacial score (nSPS) is 21.5. The fraction of sp³-hybridized carbons (Fsp3) is 0.316. The molecule has 132 valence electrons. The molecular weight excluding hydrogens is 336 g/mol. The first-order chi connectivity index (χ1) is 11.8. The summed E-state index contributed by atoms with van der Waals surface area (Å²) in [4.78, 5) is 14.1.